The fraction of sp³-hybridized carbons (Fsp3) is 0.750. The molecule has 5 nitrogen and oxygen atoms in total. The van der Waals surface area contributed by atoms with Crippen molar-refractivity contribution in [2.45, 2.75) is 6.54 Å². The molecule has 1 aromatic rings. The van der Waals surface area contributed by atoms with Gasteiger partial charge in [0.25, 0.3) is 0 Å². The van der Waals surface area contributed by atoms with E-state index >= 15 is 0 Å². The second-order valence-corrected chi connectivity index (χ2v) is 5.35. The van der Waals surface area contributed by atoms with Crippen molar-refractivity contribution in [2.24, 2.45) is 0 Å². The highest BCUT2D eigenvalue weighted by Crippen LogP contribution is 2.11. The summed E-state index contributed by atoms with van der Waals surface area (Å²) < 4.78 is 2.52. The maximum Gasteiger partial charge on any atom is 0.240 e. The van der Waals surface area contributed by atoms with Gasteiger partial charge in [0.15, 0.2) is 4.73 Å². The molecule has 0 amide bonds. The van der Waals surface area contributed by atoms with Gasteiger partial charge in [0.05, 0.1) is 6.54 Å². The summed E-state index contributed by atoms with van der Waals surface area (Å²) in [5.74, 6) is 2.80. The highest BCUT2D eigenvalue weighted by atomic mass is 79.9. The Labute approximate surface area is 102 Å². The van der Waals surface area contributed by atoms with Crippen LogP contribution in [0.2, 0.25) is 0 Å². The van der Waals surface area contributed by atoms with Crippen LogP contribution in [0.25, 0.3) is 0 Å². The second kappa shape index (κ2) is 5.18. The van der Waals surface area contributed by atoms with Crippen molar-refractivity contribution in [3.05, 3.63) is 4.73 Å². The molecule has 0 bridgehead atoms. The number of hydrogen-bond acceptors (Lipinski definition) is 5. The average Bonchev–Trinajstić information content (AvgIpc) is 2.56. The number of thioether (sulfide) groups is 1. The van der Waals surface area contributed by atoms with E-state index in [-0.39, 0.29) is 0 Å². The maximum atomic E-state index is 5.50. The Bertz CT molecular complexity index is 323. The lowest BCUT2D eigenvalue weighted by Crippen LogP contribution is -2.35. The van der Waals surface area contributed by atoms with Crippen LogP contribution >= 0.6 is 27.7 Å². The number of halogens is 1. The summed E-state index contributed by atoms with van der Waals surface area (Å²) in [6.45, 7) is 4.20. The molecule has 2 rings (SSSR count). The Morgan fingerprint density at radius 2 is 2.07 bits per heavy atom. The zero-order chi connectivity index (χ0) is 10.7. The quantitative estimate of drug-likeness (QED) is 0.887. The third-order valence-corrected chi connectivity index (χ3v) is 3.90. The first-order chi connectivity index (χ1) is 7.25. The number of hydrogen-bond donors (Lipinski definition) is 1. The van der Waals surface area contributed by atoms with E-state index in [1.807, 2.05) is 11.8 Å². The summed E-state index contributed by atoms with van der Waals surface area (Å²) in [5.41, 5.74) is 5.50. The Hall–Kier alpha value is -0.270. The molecule has 1 aliphatic heterocycles. The van der Waals surface area contributed by atoms with Gasteiger partial charge < -0.3 is 5.73 Å². The summed E-state index contributed by atoms with van der Waals surface area (Å²) >= 11 is 5.35. The summed E-state index contributed by atoms with van der Waals surface area (Å²) in [6, 6.07) is 0. The molecule has 7 heteroatoms. The van der Waals surface area contributed by atoms with Crippen LogP contribution in [0.4, 0.5) is 5.95 Å². The van der Waals surface area contributed by atoms with E-state index in [2.05, 4.69) is 30.9 Å². The monoisotopic (exact) mass is 291 g/mol. The van der Waals surface area contributed by atoms with Crippen LogP contribution < -0.4 is 5.73 Å². The third-order valence-electron chi connectivity index (χ3n) is 2.37. The molecule has 2 N–H and O–H groups in total. The molecule has 1 aliphatic rings. The zero-order valence-corrected chi connectivity index (χ0v) is 10.8. The van der Waals surface area contributed by atoms with E-state index in [1.165, 1.54) is 24.6 Å². The van der Waals surface area contributed by atoms with Gasteiger partial charge in [0, 0.05) is 31.1 Å². The fourth-order valence-electron chi connectivity index (χ4n) is 1.54. The highest BCUT2D eigenvalue weighted by molar-refractivity contribution is 9.10. The minimum Gasteiger partial charge on any atom is -0.366 e. The van der Waals surface area contributed by atoms with Crippen molar-refractivity contribution in [1.82, 2.24) is 19.7 Å². The second-order valence-electron chi connectivity index (χ2n) is 3.42. The van der Waals surface area contributed by atoms with Crippen molar-refractivity contribution in [1.29, 1.82) is 0 Å². The molecule has 0 spiro atoms. The van der Waals surface area contributed by atoms with E-state index in [4.69, 9.17) is 5.73 Å². The first-order valence-electron chi connectivity index (χ1n) is 4.91. The predicted molar refractivity (Wildman–Crippen MR) is 65.9 cm³/mol. The average molecular weight is 292 g/mol. The van der Waals surface area contributed by atoms with Gasteiger partial charge in [-0.25, -0.2) is 4.68 Å². The van der Waals surface area contributed by atoms with Crippen molar-refractivity contribution in [3.63, 3.8) is 0 Å². The Morgan fingerprint density at radius 3 is 2.67 bits per heavy atom. The molecule has 0 atom stereocenters. The lowest BCUT2D eigenvalue weighted by Gasteiger charge is -2.25. The predicted octanol–water partition coefficient (Wildman–Crippen LogP) is 0.672. The maximum absolute atomic E-state index is 5.50. The first-order valence-corrected chi connectivity index (χ1v) is 6.86. The van der Waals surface area contributed by atoms with Gasteiger partial charge in [-0.1, -0.05) is 0 Å². The van der Waals surface area contributed by atoms with Crippen molar-refractivity contribution in [2.75, 3.05) is 36.9 Å². The van der Waals surface area contributed by atoms with Crippen LogP contribution in [0.1, 0.15) is 0 Å². The van der Waals surface area contributed by atoms with Crippen LogP contribution in [0.3, 0.4) is 0 Å². The SMILES string of the molecule is Nc1nc(Br)n(CCN2CCSCC2)n1. The lowest BCUT2D eigenvalue weighted by atomic mass is 10.4. The van der Waals surface area contributed by atoms with Crippen LogP contribution in [0, 0.1) is 0 Å². The number of nitrogens with zero attached hydrogens (tertiary/aromatic N) is 4. The van der Waals surface area contributed by atoms with Crippen LogP contribution in [-0.2, 0) is 6.54 Å². The smallest absolute Gasteiger partial charge is 0.240 e. The largest absolute Gasteiger partial charge is 0.366 e. The normalized spacial score (nSPS) is 18.2. The van der Waals surface area contributed by atoms with Gasteiger partial charge in [0.1, 0.15) is 0 Å². The topological polar surface area (TPSA) is 60.0 Å². The summed E-state index contributed by atoms with van der Waals surface area (Å²) in [4.78, 5) is 6.44. The van der Waals surface area contributed by atoms with Gasteiger partial charge >= 0.3 is 0 Å². The molecule has 1 saturated heterocycles. The molecule has 0 aromatic carbocycles. The molecular weight excluding hydrogens is 278 g/mol. The minimum atomic E-state index is 0.330. The molecular formula is C8H14BrN5S. The van der Waals surface area contributed by atoms with Crippen LogP contribution in [-0.4, -0.2) is 50.8 Å². The molecule has 1 aromatic heterocycles. The minimum absolute atomic E-state index is 0.330. The molecule has 0 radical (unpaired) electrons. The Kier molecular flexibility index (Phi) is 3.87. The summed E-state index contributed by atoms with van der Waals surface area (Å²) in [7, 11) is 0. The molecule has 2 heterocycles. The van der Waals surface area contributed by atoms with Gasteiger partial charge in [-0.3, -0.25) is 4.90 Å². The van der Waals surface area contributed by atoms with E-state index in [0.717, 1.165) is 13.1 Å². The van der Waals surface area contributed by atoms with E-state index in [0.29, 0.717) is 10.7 Å². The van der Waals surface area contributed by atoms with Crippen LogP contribution in [0.5, 0.6) is 0 Å². The van der Waals surface area contributed by atoms with Gasteiger partial charge in [-0.2, -0.15) is 16.7 Å². The summed E-state index contributed by atoms with van der Waals surface area (Å²) in [6.07, 6.45) is 0. The first kappa shape index (κ1) is 11.2. The van der Waals surface area contributed by atoms with Crippen molar-refractivity contribution < 1.29 is 0 Å². The number of nitrogens with two attached hydrogens (primary N) is 1. The van der Waals surface area contributed by atoms with Gasteiger partial charge in [-0.15, -0.1) is 5.10 Å². The molecule has 84 valence electrons. The molecule has 1 fully saturated rings. The van der Waals surface area contributed by atoms with Crippen LogP contribution in [0.15, 0.2) is 4.73 Å². The third kappa shape index (κ3) is 3.09. The Balaban J connectivity index is 1.84. The molecule has 0 saturated carbocycles. The van der Waals surface area contributed by atoms with E-state index in [1.54, 1.807) is 4.68 Å². The van der Waals surface area contributed by atoms with Gasteiger partial charge in [-0.05, 0) is 15.9 Å². The van der Waals surface area contributed by atoms with E-state index in [9.17, 15) is 0 Å². The van der Waals surface area contributed by atoms with Gasteiger partial charge in [0.2, 0.25) is 5.95 Å². The number of nitrogen functional groups attached to an aromatic ring is 1. The number of anilines is 1. The van der Waals surface area contributed by atoms with Crippen molar-refractivity contribution in [3.8, 4) is 0 Å². The molecule has 0 unspecified atom stereocenters. The lowest BCUT2D eigenvalue weighted by molar-refractivity contribution is 0.283. The number of aromatic nitrogens is 3. The zero-order valence-electron chi connectivity index (χ0n) is 8.40. The fourth-order valence-corrected chi connectivity index (χ4v) is 2.96. The van der Waals surface area contributed by atoms with E-state index < -0.39 is 0 Å². The standard InChI is InChI=1S/C8H14BrN5S/c9-7-11-8(10)12-14(7)2-1-13-3-5-15-6-4-13/h1-6H2,(H2,10,12). The highest BCUT2D eigenvalue weighted by Gasteiger charge is 2.11. The number of rotatable bonds is 3. The Morgan fingerprint density at radius 1 is 1.33 bits per heavy atom. The van der Waals surface area contributed by atoms with Crippen molar-refractivity contribution >= 4 is 33.6 Å². The molecule has 15 heavy (non-hydrogen) atoms. The molecule has 0 aliphatic carbocycles. The summed E-state index contributed by atoms with van der Waals surface area (Å²) in [5, 5.41) is 4.10.